The first-order valence-corrected chi connectivity index (χ1v) is 11.1. The molecular weight excluding hydrogens is 529 g/mol. The Labute approximate surface area is 196 Å². The number of rotatable bonds is 9. The van der Waals surface area contributed by atoms with E-state index in [-0.39, 0.29) is 24.0 Å². The summed E-state index contributed by atoms with van der Waals surface area (Å²) in [4.78, 5) is 9.40. The van der Waals surface area contributed by atoms with Gasteiger partial charge in [-0.05, 0) is 56.6 Å². The number of aliphatic imine (C=N–C) groups is 1. The second-order valence-corrected chi connectivity index (χ2v) is 8.12. The molecule has 1 aliphatic rings. The number of hydrogen-bond acceptors (Lipinski definition) is 3. The summed E-state index contributed by atoms with van der Waals surface area (Å²) in [7, 11) is 1.86. The van der Waals surface area contributed by atoms with E-state index in [1.807, 2.05) is 7.05 Å². The highest BCUT2D eigenvalue weighted by molar-refractivity contribution is 14.0. The molecule has 0 radical (unpaired) electrons. The van der Waals surface area contributed by atoms with Crippen LogP contribution < -0.4 is 10.6 Å². The Morgan fingerprint density at radius 3 is 2.39 bits per heavy atom. The molecule has 2 rings (SSSR count). The lowest BCUT2D eigenvalue weighted by Gasteiger charge is -2.33. The molecule has 0 amide bonds. The molecule has 5 nitrogen and oxygen atoms in total. The van der Waals surface area contributed by atoms with Gasteiger partial charge in [-0.3, -0.25) is 9.89 Å². The fraction of sp³-hybridized carbons (Fsp3) is 0.667. The maximum atomic E-state index is 4.40. The summed E-state index contributed by atoms with van der Waals surface area (Å²) >= 11 is 3.50. The molecule has 1 aromatic carbocycles. The molecule has 1 aromatic rings. The molecule has 0 bridgehead atoms. The molecule has 2 N–H and O–H groups in total. The molecular formula is C21H37BrIN5. The number of halogens is 2. The maximum absolute atomic E-state index is 4.40. The van der Waals surface area contributed by atoms with Gasteiger partial charge in [0.1, 0.15) is 0 Å². The Kier molecular flexibility index (Phi) is 13.4. The van der Waals surface area contributed by atoms with Crippen LogP contribution in [0.25, 0.3) is 0 Å². The number of hydrogen-bond donors (Lipinski definition) is 2. The smallest absolute Gasteiger partial charge is 0.191 e. The Morgan fingerprint density at radius 2 is 1.82 bits per heavy atom. The van der Waals surface area contributed by atoms with Crippen LogP contribution in [-0.2, 0) is 6.54 Å². The normalized spacial score (nSPS) is 16.1. The largest absolute Gasteiger partial charge is 0.356 e. The standard InChI is InChI=1S/C21H36BrN5.HI/c1-4-26(5-2)14-6-13-24-21(23-3)25-20-11-15-27(16-12-20)17-18-7-9-19(22)10-8-18;/h7-10,20H,4-6,11-17H2,1-3H3,(H2,23,24,25);1H. The average Bonchev–Trinajstić information content (AvgIpc) is 2.70. The van der Waals surface area contributed by atoms with Crippen LogP contribution in [0.15, 0.2) is 33.7 Å². The molecule has 160 valence electrons. The molecule has 0 unspecified atom stereocenters. The SMILES string of the molecule is CCN(CC)CCCNC(=NC)NC1CCN(Cc2ccc(Br)cc2)CC1.I. The van der Waals surface area contributed by atoms with Crippen molar-refractivity contribution in [3.05, 3.63) is 34.3 Å². The predicted molar refractivity (Wildman–Crippen MR) is 135 cm³/mol. The van der Waals surface area contributed by atoms with Gasteiger partial charge >= 0.3 is 0 Å². The summed E-state index contributed by atoms with van der Waals surface area (Å²) < 4.78 is 1.14. The van der Waals surface area contributed by atoms with E-state index in [1.54, 1.807) is 0 Å². The number of likely N-dealkylation sites (tertiary alicyclic amines) is 1. The zero-order valence-corrected chi connectivity index (χ0v) is 21.5. The zero-order chi connectivity index (χ0) is 19.5. The number of nitrogens with one attached hydrogen (secondary N) is 2. The van der Waals surface area contributed by atoms with Crippen molar-refractivity contribution >= 4 is 45.9 Å². The number of benzene rings is 1. The van der Waals surface area contributed by atoms with E-state index in [0.717, 1.165) is 75.5 Å². The minimum Gasteiger partial charge on any atom is -0.356 e. The summed E-state index contributed by atoms with van der Waals surface area (Å²) in [6, 6.07) is 9.18. The van der Waals surface area contributed by atoms with Crippen molar-refractivity contribution in [1.29, 1.82) is 0 Å². The molecule has 1 heterocycles. The Bertz CT molecular complexity index is 554. The molecule has 0 aromatic heterocycles. The molecule has 0 atom stereocenters. The van der Waals surface area contributed by atoms with E-state index >= 15 is 0 Å². The monoisotopic (exact) mass is 565 g/mol. The van der Waals surface area contributed by atoms with Crippen LogP contribution in [0.5, 0.6) is 0 Å². The quantitative estimate of drug-likeness (QED) is 0.206. The van der Waals surface area contributed by atoms with Gasteiger partial charge in [0.05, 0.1) is 0 Å². The van der Waals surface area contributed by atoms with E-state index in [2.05, 4.69) is 79.5 Å². The van der Waals surface area contributed by atoms with Gasteiger partial charge in [-0.2, -0.15) is 0 Å². The average molecular weight is 566 g/mol. The van der Waals surface area contributed by atoms with Crippen LogP contribution in [-0.4, -0.2) is 68.1 Å². The predicted octanol–water partition coefficient (Wildman–Crippen LogP) is 3.93. The maximum Gasteiger partial charge on any atom is 0.191 e. The van der Waals surface area contributed by atoms with Crippen LogP contribution in [0.2, 0.25) is 0 Å². The summed E-state index contributed by atoms with van der Waals surface area (Å²) in [5.41, 5.74) is 1.38. The fourth-order valence-electron chi connectivity index (χ4n) is 3.52. The fourth-order valence-corrected chi connectivity index (χ4v) is 3.79. The lowest BCUT2D eigenvalue weighted by Crippen LogP contribution is -2.48. The van der Waals surface area contributed by atoms with Crippen LogP contribution in [0.1, 0.15) is 38.7 Å². The minimum absolute atomic E-state index is 0. The van der Waals surface area contributed by atoms with E-state index in [1.165, 1.54) is 5.56 Å². The highest BCUT2D eigenvalue weighted by atomic mass is 127. The topological polar surface area (TPSA) is 42.9 Å². The zero-order valence-electron chi connectivity index (χ0n) is 17.6. The number of guanidine groups is 1. The number of nitrogens with zero attached hydrogens (tertiary/aromatic N) is 3. The lowest BCUT2D eigenvalue weighted by atomic mass is 10.0. The number of piperidine rings is 1. The van der Waals surface area contributed by atoms with Crippen molar-refractivity contribution in [3.8, 4) is 0 Å². The summed E-state index contributed by atoms with van der Waals surface area (Å²) in [6.07, 6.45) is 3.47. The van der Waals surface area contributed by atoms with E-state index in [0.29, 0.717) is 6.04 Å². The highest BCUT2D eigenvalue weighted by Gasteiger charge is 2.20. The van der Waals surface area contributed by atoms with E-state index < -0.39 is 0 Å². The first-order chi connectivity index (χ1) is 13.1. The third-order valence-electron chi connectivity index (χ3n) is 5.31. The molecule has 0 saturated carbocycles. The van der Waals surface area contributed by atoms with Gasteiger partial charge in [0.25, 0.3) is 0 Å². The third-order valence-corrected chi connectivity index (χ3v) is 5.84. The van der Waals surface area contributed by atoms with Crippen molar-refractivity contribution < 1.29 is 0 Å². The van der Waals surface area contributed by atoms with Gasteiger partial charge in [-0.15, -0.1) is 24.0 Å². The Hall–Kier alpha value is -0.380. The molecule has 28 heavy (non-hydrogen) atoms. The van der Waals surface area contributed by atoms with Crippen molar-refractivity contribution in [3.63, 3.8) is 0 Å². The highest BCUT2D eigenvalue weighted by Crippen LogP contribution is 2.16. The van der Waals surface area contributed by atoms with Crippen LogP contribution in [0, 0.1) is 0 Å². The van der Waals surface area contributed by atoms with Crippen LogP contribution in [0.4, 0.5) is 0 Å². The van der Waals surface area contributed by atoms with Gasteiger partial charge in [0, 0.05) is 43.7 Å². The minimum atomic E-state index is 0. The van der Waals surface area contributed by atoms with Crippen molar-refractivity contribution in [1.82, 2.24) is 20.4 Å². The molecule has 7 heteroatoms. The van der Waals surface area contributed by atoms with E-state index in [9.17, 15) is 0 Å². The van der Waals surface area contributed by atoms with Gasteiger partial charge in [0.2, 0.25) is 0 Å². The van der Waals surface area contributed by atoms with Crippen molar-refractivity contribution in [2.24, 2.45) is 4.99 Å². The summed E-state index contributed by atoms with van der Waals surface area (Å²) in [5.74, 6) is 0.945. The molecule has 1 aliphatic heterocycles. The second kappa shape index (κ2) is 14.6. The molecule has 1 saturated heterocycles. The third kappa shape index (κ3) is 9.41. The van der Waals surface area contributed by atoms with E-state index in [4.69, 9.17) is 0 Å². The summed E-state index contributed by atoms with van der Waals surface area (Å²) in [5, 5.41) is 7.08. The van der Waals surface area contributed by atoms with Crippen molar-refractivity contribution in [2.75, 3.05) is 46.3 Å². The Balaban J connectivity index is 0.00000392. The molecule has 0 aliphatic carbocycles. The van der Waals surface area contributed by atoms with Crippen LogP contribution >= 0.6 is 39.9 Å². The van der Waals surface area contributed by atoms with Gasteiger partial charge in [-0.25, -0.2) is 0 Å². The first-order valence-electron chi connectivity index (χ1n) is 10.3. The van der Waals surface area contributed by atoms with Gasteiger partial charge in [0.15, 0.2) is 5.96 Å². The second-order valence-electron chi connectivity index (χ2n) is 7.20. The Morgan fingerprint density at radius 1 is 1.18 bits per heavy atom. The molecule has 0 spiro atoms. The first kappa shape index (κ1) is 25.7. The molecule has 1 fully saturated rings. The van der Waals surface area contributed by atoms with Crippen LogP contribution in [0.3, 0.4) is 0 Å². The summed E-state index contributed by atoms with van der Waals surface area (Å²) in [6.45, 7) is 12.1. The van der Waals surface area contributed by atoms with Gasteiger partial charge < -0.3 is 15.5 Å². The van der Waals surface area contributed by atoms with Gasteiger partial charge in [-0.1, -0.05) is 41.9 Å². The van der Waals surface area contributed by atoms with Crippen molar-refractivity contribution in [2.45, 2.75) is 45.7 Å². The lowest BCUT2D eigenvalue weighted by molar-refractivity contribution is 0.198.